The van der Waals surface area contributed by atoms with E-state index in [0.29, 0.717) is 59.5 Å². The molecule has 1 amide bonds. The van der Waals surface area contributed by atoms with Crippen molar-refractivity contribution in [3.8, 4) is 11.1 Å². The number of hydrogen-bond donors (Lipinski definition) is 0. The fourth-order valence-electron chi connectivity index (χ4n) is 5.37. The minimum Gasteiger partial charge on any atom is -0.468 e. The smallest absolute Gasteiger partial charge is 0.253 e. The van der Waals surface area contributed by atoms with Crippen molar-refractivity contribution in [2.75, 3.05) is 14.1 Å². The van der Waals surface area contributed by atoms with Gasteiger partial charge in [0.1, 0.15) is 34.7 Å². The fourth-order valence-corrected chi connectivity index (χ4v) is 5.37. The van der Waals surface area contributed by atoms with E-state index >= 15 is 0 Å². The molecule has 5 rings (SSSR count). The van der Waals surface area contributed by atoms with E-state index in [1.807, 2.05) is 0 Å². The van der Waals surface area contributed by atoms with E-state index in [-0.39, 0.29) is 45.9 Å². The van der Waals surface area contributed by atoms with Crippen molar-refractivity contribution in [3.05, 3.63) is 107 Å². The molecule has 9 heteroatoms. The Bertz CT molecular complexity index is 1660. The quantitative estimate of drug-likeness (QED) is 0.174. The van der Waals surface area contributed by atoms with Crippen molar-refractivity contribution >= 4 is 11.7 Å². The zero-order valence-corrected chi connectivity index (χ0v) is 24.7. The Balaban J connectivity index is 0.00000245. The summed E-state index contributed by atoms with van der Waals surface area (Å²) in [5, 5.41) is 0. The molecular formula is C35H42F3N3O3. The molecule has 0 aliphatic heterocycles. The van der Waals surface area contributed by atoms with Crippen molar-refractivity contribution in [1.29, 1.82) is 0 Å². The van der Waals surface area contributed by atoms with Gasteiger partial charge in [-0.1, -0.05) is 25.6 Å². The first-order chi connectivity index (χ1) is 20.4. The molecule has 44 heavy (non-hydrogen) atoms. The molecule has 0 bridgehead atoms. The van der Waals surface area contributed by atoms with Crippen LogP contribution in [0.15, 0.2) is 65.5 Å². The van der Waals surface area contributed by atoms with Crippen LogP contribution < -0.4 is 0 Å². The van der Waals surface area contributed by atoms with Crippen LogP contribution in [0, 0.1) is 11.6 Å². The Kier molecular flexibility index (Phi) is 9.47. The van der Waals surface area contributed by atoms with Crippen LogP contribution in [0.25, 0.3) is 11.1 Å². The van der Waals surface area contributed by atoms with Crippen molar-refractivity contribution < 1.29 is 30.0 Å². The van der Waals surface area contributed by atoms with Gasteiger partial charge < -0.3 is 9.32 Å². The standard InChI is InChI=1S/C34H34F3N3O3.CH4.2H2/c1-33(2,37)34(11-12-34)30-14-21(20-43-30)13-27(41)15-24-7-6-23(16-29(24)36)26-18-38-31(39-19-26)10-9-22-5-8-25(17-28(22)35)32(42)40(3)4;;;/h5-8,14,16-20H,9-13,15H2,1-4H3;1H4;2*1H. The number of amides is 1. The molecule has 2 aromatic carbocycles. The van der Waals surface area contributed by atoms with Gasteiger partial charge in [-0.25, -0.2) is 23.1 Å². The maximum Gasteiger partial charge on any atom is 0.253 e. The molecule has 0 spiro atoms. The summed E-state index contributed by atoms with van der Waals surface area (Å²) in [5.41, 5.74) is 0.805. The van der Waals surface area contributed by atoms with Crippen LogP contribution in [-0.4, -0.2) is 46.3 Å². The van der Waals surface area contributed by atoms with E-state index in [1.165, 1.54) is 23.3 Å². The van der Waals surface area contributed by atoms with Gasteiger partial charge in [-0.15, -0.1) is 0 Å². The third-order valence-corrected chi connectivity index (χ3v) is 8.22. The van der Waals surface area contributed by atoms with Gasteiger partial charge in [0, 0.05) is 59.7 Å². The van der Waals surface area contributed by atoms with E-state index in [2.05, 4.69) is 9.97 Å². The van der Waals surface area contributed by atoms with Gasteiger partial charge in [0.2, 0.25) is 0 Å². The molecule has 2 aromatic heterocycles. The summed E-state index contributed by atoms with van der Waals surface area (Å²) in [6, 6.07) is 10.8. The Hall–Kier alpha value is -4.27. The van der Waals surface area contributed by atoms with E-state index in [1.54, 1.807) is 70.7 Å². The monoisotopic (exact) mass is 609 g/mol. The summed E-state index contributed by atoms with van der Waals surface area (Å²) >= 11 is 0. The van der Waals surface area contributed by atoms with Crippen LogP contribution in [0.1, 0.15) is 75.6 Å². The predicted molar refractivity (Wildman–Crippen MR) is 167 cm³/mol. The minimum atomic E-state index is -1.41. The molecule has 4 aromatic rings. The highest BCUT2D eigenvalue weighted by Gasteiger charge is 2.58. The molecule has 2 heterocycles. The van der Waals surface area contributed by atoms with E-state index < -0.39 is 22.7 Å². The van der Waals surface area contributed by atoms with Gasteiger partial charge in [0.25, 0.3) is 5.91 Å². The summed E-state index contributed by atoms with van der Waals surface area (Å²) in [5.74, 6) is -0.345. The summed E-state index contributed by atoms with van der Waals surface area (Å²) in [4.78, 5) is 34.8. The third-order valence-electron chi connectivity index (χ3n) is 8.22. The van der Waals surface area contributed by atoms with Gasteiger partial charge in [-0.3, -0.25) is 9.59 Å². The van der Waals surface area contributed by atoms with E-state index in [0.717, 1.165) is 0 Å². The summed E-state index contributed by atoms with van der Waals surface area (Å²) < 4.78 is 49.8. The first-order valence-electron chi connectivity index (χ1n) is 14.2. The molecule has 1 aliphatic carbocycles. The van der Waals surface area contributed by atoms with Gasteiger partial charge in [0.05, 0.1) is 11.7 Å². The number of ketones is 1. The number of carbonyl (C=O) groups excluding carboxylic acids is 2. The van der Waals surface area contributed by atoms with Crippen LogP contribution in [0.2, 0.25) is 0 Å². The summed E-state index contributed by atoms with van der Waals surface area (Å²) in [7, 11) is 3.22. The molecule has 1 aliphatic rings. The number of carbonyl (C=O) groups is 2. The molecule has 1 saturated carbocycles. The number of hydrogen-bond acceptors (Lipinski definition) is 5. The Morgan fingerprint density at radius 3 is 2.18 bits per heavy atom. The van der Waals surface area contributed by atoms with Crippen molar-refractivity contribution in [3.63, 3.8) is 0 Å². The number of alkyl halides is 1. The van der Waals surface area contributed by atoms with Crippen LogP contribution >= 0.6 is 0 Å². The largest absolute Gasteiger partial charge is 0.468 e. The molecule has 0 unspecified atom stereocenters. The van der Waals surface area contributed by atoms with Crippen LogP contribution in [0.5, 0.6) is 0 Å². The predicted octanol–water partition coefficient (Wildman–Crippen LogP) is 7.76. The fraction of sp³-hybridized carbons (Fsp3) is 0.371. The molecule has 0 N–H and O–H groups in total. The molecular weight excluding hydrogens is 567 g/mol. The SMILES string of the molecule is C.CN(C)C(=O)c1ccc(CCc2ncc(-c3ccc(CC(=O)Cc4coc(C5(C(C)(C)F)CC5)c4)c(F)c3)cn2)c(F)c1.[HH].[HH]. The minimum absolute atomic E-state index is 0. The first kappa shape index (κ1) is 32.6. The highest BCUT2D eigenvalue weighted by molar-refractivity contribution is 5.93. The lowest BCUT2D eigenvalue weighted by atomic mass is 9.86. The number of aromatic nitrogens is 2. The molecule has 236 valence electrons. The number of benzene rings is 2. The molecule has 0 radical (unpaired) electrons. The second-order valence-corrected chi connectivity index (χ2v) is 12.0. The van der Waals surface area contributed by atoms with E-state index in [4.69, 9.17) is 4.42 Å². The van der Waals surface area contributed by atoms with Gasteiger partial charge >= 0.3 is 0 Å². The number of nitrogens with zero attached hydrogens (tertiary/aromatic N) is 3. The average molecular weight is 610 g/mol. The number of furan rings is 1. The van der Waals surface area contributed by atoms with Crippen molar-refractivity contribution in [2.24, 2.45) is 0 Å². The molecule has 0 saturated heterocycles. The maximum absolute atomic E-state index is 15.0. The third kappa shape index (κ3) is 6.93. The number of aryl methyl sites for hydroxylation is 2. The molecule has 6 nitrogen and oxygen atoms in total. The Morgan fingerprint density at radius 2 is 1.59 bits per heavy atom. The lowest BCUT2D eigenvalue weighted by Crippen LogP contribution is -2.31. The van der Waals surface area contributed by atoms with Crippen LogP contribution in [0.4, 0.5) is 13.2 Å². The number of Topliss-reactive ketones (excluding diaryl/α,β-unsaturated/α-hetero) is 1. The zero-order valence-electron chi connectivity index (χ0n) is 24.7. The Morgan fingerprint density at radius 1 is 0.932 bits per heavy atom. The molecule has 0 atom stereocenters. The summed E-state index contributed by atoms with van der Waals surface area (Å²) in [6.07, 6.45) is 6.80. The maximum atomic E-state index is 15.0. The van der Waals surface area contributed by atoms with Gasteiger partial charge in [-0.2, -0.15) is 0 Å². The van der Waals surface area contributed by atoms with Crippen molar-refractivity contribution in [2.45, 2.75) is 70.9 Å². The summed E-state index contributed by atoms with van der Waals surface area (Å²) in [6.45, 7) is 3.09. The van der Waals surface area contributed by atoms with Gasteiger partial charge in [0.15, 0.2) is 0 Å². The lowest BCUT2D eigenvalue weighted by Gasteiger charge is -2.24. The lowest BCUT2D eigenvalue weighted by molar-refractivity contribution is -0.117. The second-order valence-electron chi connectivity index (χ2n) is 12.0. The average Bonchev–Trinajstić information content (AvgIpc) is 3.67. The molecule has 1 fully saturated rings. The first-order valence-corrected chi connectivity index (χ1v) is 14.2. The topological polar surface area (TPSA) is 76.3 Å². The van der Waals surface area contributed by atoms with E-state index in [9.17, 15) is 22.8 Å². The van der Waals surface area contributed by atoms with Crippen LogP contribution in [0.3, 0.4) is 0 Å². The van der Waals surface area contributed by atoms with Gasteiger partial charge in [-0.05, 0) is 79.6 Å². The number of rotatable bonds is 11. The zero-order chi connectivity index (χ0) is 30.9. The van der Waals surface area contributed by atoms with Crippen molar-refractivity contribution in [1.82, 2.24) is 14.9 Å². The Labute approximate surface area is 259 Å². The normalized spacial score (nSPS) is 13.7. The number of halogens is 3. The highest BCUT2D eigenvalue weighted by Crippen LogP contribution is 2.57. The highest BCUT2D eigenvalue weighted by atomic mass is 19.1. The van der Waals surface area contributed by atoms with Crippen LogP contribution in [-0.2, 0) is 35.9 Å². The second kappa shape index (κ2) is 12.8.